The van der Waals surface area contributed by atoms with Crippen molar-refractivity contribution in [3.8, 4) is 0 Å². The standard InChI is InChI=1S/C24H32N4O2/c1-4-18-9-5-6-10-21(18)26-24(30)23(29)25-17-22(28-15-7-8-16-28)19-11-13-20(14-12-19)27(2)3/h5-6,9-14,22H,4,7-8,15-17H2,1-3H3,(H,25,29)(H,26,30)/t22-/m0/s1. The molecule has 6 nitrogen and oxygen atoms in total. The lowest BCUT2D eigenvalue weighted by Gasteiger charge is -2.28. The molecule has 0 aromatic heterocycles. The Bertz CT molecular complexity index is 858. The summed E-state index contributed by atoms with van der Waals surface area (Å²) in [4.78, 5) is 29.4. The molecule has 0 unspecified atom stereocenters. The Hall–Kier alpha value is -2.86. The lowest BCUT2D eigenvalue weighted by molar-refractivity contribution is -0.136. The summed E-state index contributed by atoms with van der Waals surface area (Å²) in [6.07, 6.45) is 3.11. The highest BCUT2D eigenvalue weighted by molar-refractivity contribution is 6.39. The first kappa shape index (κ1) is 21.8. The molecule has 0 saturated carbocycles. The van der Waals surface area contributed by atoms with Crippen molar-refractivity contribution in [3.05, 3.63) is 59.7 Å². The predicted octanol–water partition coefficient (Wildman–Crippen LogP) is 3.21. The van der Waals surface area contributed by atoms with E-state index in [0.29, 0.717) is 12.2 Å². The minimum atomic E-state index is -0.626. The second-order valence-corrected chi connectivity index (χ2v) is 7.92. The van der Waals surface area contributed by atoms with Crippen molar-refractivity contribution >= 4 is 23.2 Å². The van der Waals surface area contributed by atoms with E-state index in [1.807, 2.05) is 45.3 Å². The van der Waals surface area contributed by atoms with Crippen LogP contribution in [0.5, 0.6) is 0 Å². The Balaban J connectivity index is 1.66. The van der Waals surface area contributed by atoms with Gasteiger partial charge in [-0.2, -0.15) is 0 Å². The number of carbonyl (C=O) groups is 2. The molecule has 2 aromatic rings. The van der Waals surface area contributed by atoms with Crippen molar-refractivity contribution in [2.24, 2.45) is 0 Å². The minimum absolute atomic E-state index is 0.0587. The van der Waals surface area contributed by atoms with Gasteiger partial charge in [0.1, 0.15) is 0 Å². The van der Waals surface area contributed by atoms with Crippen LogP contribution in [0.4, 0.5) is 11.4 Å². The largest absolute Gasteiger partial charge is 0.378 e. The maximum atomic E-state index is 12.5. The highest BCUT2D eigenvalue weighted by atomic mass is 16.2. The average molecular weight is 409 g/mol. The van der Waals surface area contributed by atoms with Crippen LogP contribution in [-0.2, 0) is 16.0 Å². The Morgan fingerprint density at radius 1 is 1.00 bits per heavy atom. The van der Waals surface area contributed by atoms with Crippen molar-refractivity contribution in [2.75, 3.05) is 43.9 Å². The number of aryl methyl sites for hydroxylation is 1. The van der Waals surface area contributed by atoms with Crippen LogP contribution in [0.25, 0.3) is 0 Å². The van der Waals surface area contributed by atoms with Gasteiger partial charge in [-0.1, -0.05) is 37.3 Å². The number of carbonyl (C=O) groups excluding carboxylic acids is 2. The van der Waals surface area contributed by atoms with Gasteiger partial charge < -0.3 is 15.5 Å². The third-order valence-corrected chi connectivity index (χ3v) is 5.68. The fraction of sp³-hybridized carbons (Fsp3) is 0.417. The average Bonchev–Trinajstić information content (AvgIpc) is 3.29. The molecule has 1 fully saturated rings. The summed E-state index contributed by atoms with van der Waals surface area (Å²) >= 11 is 0. The number of benzene rings is 2. The summed E-state index contributed by atoms with van der Waals surface area (Å²) < 4.78 is 0. The van der Waals surface area contributed by atoms with E-state index < -0.39 is 11.8 Å². The van der Waals surface area contributed by atoms with E-state index in [-0.39, 0.29) is 6.04 Å². The molecule has 2 aromatic carbocycles. The number of rotatable bonds is 7. The first-order chi connectivity index (χ1) is 14.5. The van der Waals surface area contributed by atoms with E-state index in [1.54, 1.807) is 0 Å². The summed E-state index contributed by atoms with van der Waals surface area (Å²) in [6, 6.07) is 16.0. The number of hydrogen-bond acceptors (Lipinski definition) is 4. The molecule has 1 aliphatic heterocycles. The van der Waals surface area contributed by atoms with Crippen LogP contribution >= 0.6 is 0 Å². The highest BCUT2D eigenvalue weighted by Gasteiger charge is 2.25. The third-order valence-electron chi connectivity index (χ3n) is 5.68. The van der Waals surface area contributed by atoms with Crippen molar-refractivity contribution in [2.45, 2.75) is 32.2 Å². The van der Waals surface area contributed by atoms with E-state index in [2.05, 4.69) is 44.7 Å². The fourth-order valence-electron chi connectivity index (χ4n) is 3.90. The second kappa shape index (κ2) is 10.3. The molecule has 6 heteroatoms. The van der Waals surface area contributed by atoms with Crippen molar-refractivity contribution in [1.82, 2.24) is 10.2 Å². The molecule has 2 N–H and O–H groups in total. The Kier molecular flexibility index (Phi) is 7.46. The van der Waals surface area contributed by atoms with Gasteiger partial charge in [0.15, 0.2) is 0 Å². The van der Waals surface area contributed by atoms with Gasteiger partial charge >= 0.3 is 11.8 Å². The first-order valence-electron chi connectivity index (χ1n) is 10.7. The number of anilines is 2. The number of likely N-dealkylation sites (tertiary alicyclic amines) is 1. The number of para-hydroxylation sites is 1. The normalized spacial score (nSPS) is 14.9. The smallest absolute Gasteiger partial charge is 0.313 e. The number of nitrogens with one attached hydrogen (secondary N) is 2. The zero-order valence-electron chi connectivity index (χ0n) is 18.1. The molecular weight excluding hydrogens is 376 g/mol. The van der Waals surface area contributed by atoms with Crippen molar-refractivity contribution in [1.29, 1.82) is 0 Å². The van der Waals surface area contributed by atoms with E-state index in [1.165, 1.54) is 0 Å². The van der Waals surface area contributed by atoms with Gasteiger partial charge in [0.25, 0.3) is 0 Å². The monoisotopic (exact) mass is 408 g/mol. The minimum Gasteiger partial charge on any atom is -0.378 e. The highest BCUT2D eigenvalue weighted by Crippen LogP contribution is 2.26. The van der Waals surface area contributed by atoms with Crippen LogP contribution < -0.4 is 15.5 Å². The predicted molar refractivity (Wildman–Crippen MR) is 122 cm³/mol. The van der Waals surface area contributed by atoms with Crippen molar-refractivity contribution < 1.29 is 9.59 Å². The summed E-state index contributed by atoms with van der Waals surface area (Å²) in [5, 5.41) is 5.59. The van der Waals surface area contributed by atoms with Crippen LogP contribution in [0.3, 0.4) is 0 Å². The van der Waals surface area contributed by atoms with Gasteiger partial charge in [-0.15, -0.1) is 0 Å². The fourth-order valence-corrected chi connectivity index (χ4v) is 3.90. The van der Waals surface area contributed by atoms with Gasteiger partial charge in [0.05, 0.1) is 6.04 Å². The van der Waals surface area contributed by atoms with Crippen LogP contribution in [-0.4, -0.2) is 50.4 Å². The van der Waals surface area contributed by atoms with E-state index >= 15 is 0 Å². The molecule has 160 valence electrons. The van der Waals surface area contributed by atoms with Crippen LogP contribution in [0.1, 0.15) is 36.9 Å². The quantitative estimate of drug-likeness (QED) is 0.691. The lowest BCUT2D eigenvalue weighted by Crippen LogP contribution is -2.41. The first-order valence-corrected chi connectivity index (χ1v) is 10.7. The van der Waals surface area contributed by atoms with Gasteiger partial charge in [-0.05, 0) is 61.7 Å². The number of nitrogens with zero attached hydrogens (tertiary/aromatic N) is 2. The van der Waals surface area contributed by atoms with Crippen LogP contribution in [0.15, 0.2) is 48.5 Å². The Labute approximate surface area is 179 Å². The molecule has 0 bridgehead atoms. The molecule has 0 spiro atoms. The molecule has 1 saturated heterocycles. The lowest BCUT2D eigenvalue weighted by atomic mass is 10.0. The topological polar surface area (TPSA) is 64.7 Å². The summed E-state index contributed by atoms with van der Waals surface area (Å²) in [7, 11) is 4.03. The van der Waals surface area contributed by atoms with Gasteiger partial charge in [-0.25, -0.2) is 0 Å². The molecule has 1 aliphatic rings. The maximum Gasteiger partial charge on any atom is 0.313 e. The van der Waals surface area contributed by atoms with Crippen LogP contribution in [0.2, 0.25) is 0 Å². The Morgan fingerprint density at radius 3 is 2.30 bits per heavy atom. The zero-order valence-corrected chi connectivity index (χ0v) is 18.1. The van der Waals surface area contributed by atoms with E-state index in [9.17, 15) is 9.59 Å². The maximum absolute atomic E-state index is 12.5. The molecule has 1 atom stereocenters. The molecule has 1 heterocycles. The molecule has 0 radical (unpaired) electrons. The van der Waals surface area contributed by atoms with Gasteiger partial charge in [-0.3, -0.25) is 14.5 Å². The molecule has 30 heavy (non-hydrogen) atoms. The Morgan fingerprint density at radius 2 is 1.67 bits per heavy atom. The van der Waals surface area contributed by atoms with Gasteiger partial charge in [0, 0.05) is 32.0 Å². The van der Waals surface area contributed by atoms with E-state index in [0.717, 1.165) is 49.2 Å². The molecule has 3 rings (SSSR count). The van der Waals surface area contributed by atoms with E-state index in [4.69, 9.17) is 0 Å². The number of amides is 2. The zero-order chi connectivity index (χ0) is 21.5. The number of hydrogen-bond donors (Lipinski definition) is 2. The molecule has 0 aliphatic carbocycles. The summed E-state index contributed by atoms with van der Waals surface area (Å²) in [5.74, 6) is -1.23. The molecule has 2 amide bonds. The van der Waals surface area contributed by atoms with Crippen molar-refractivity contribution in [3.63, 3.8) is 0 Å². The SMILES string of the molecule is CCc1ccccc1NC(=O)C(=O)NC[C@@H](c1ccc(N(C)C)cc1)N1CCCC1. The molecular formula is C24H32N4O2. The third kappa shape index (κ3) is 5.39. The second-order valence-electron chi connectivity index (χ2n) is 7.92. The van der Waals surface area contributed by atoms with Gasteiger partial charge in [0.2, 0.25) is 0 Å². The summed E-state index contributed by atoms with van der Waals surface area (Å²) in [5.41, 5.74) is 3.99. The summed E-state index contributed by atoms with van der Waals surface area (Å²) in [6.45, 7) is 4.44. The van der Waals surface area contributed by atoms with Crippen LogP contribution in [0, 0.1) is 0 Å².